The first kappa shape index (κ1) is 11.5. The van der Waals surface area contributed by atoms with Gasteiger partial charge in [-0.25, -0.2) is 0 Å². The second-order valence-corrected chi connectivity index (χ2v) is 0.943. The van der Waals surface area contributed by atoms with Crippen LogP contribution in [0.2, 0.25) is 0 Å². The molecular weight excluding hydrogens is 131 g/mol. The average Bonchev–Trinajstić information content (AvgIpc) is 1.61. The van der Waals surface area contributed by atoms with E-state index in [0.717, 1.165) is 0 Å². The summed E-state index contributed by atoms with van der Waals surface area (Å²) in [5.41, 5.74) is 0. The first-order valence-corrected chi connectivity index (χ1v) is 1.97. The Morgan fingerprint density at radius 2 is 2.25 bits per heavy atom. The van der Waals surface area contributed by atoms with E-state index in [1.54, 1.807) is 6.92 Å². The van der Waals surface area contributed by atoms with Gasteiger partial charge >= 0.3 is 51.4 Å². The van der Waals surface area contributed by atoms with Crippen molar-refractivity contribution >= 4 is 5.97 Å². The zero-order valence-corrected chi connectivity index (χ0v) is 8.15. The van der Waals surface area contributed by atoms with Gasteiger partial charge in [-0.2, -0.15) is 0 Å². The zero-order chi connectivity index (χ0) is 5.70. The van der Waals surface area contributed by atoms with Gasteiger partial charge in [0.2, 0.25) is 0 Å². The van der Waals surface area contributed by atoms with Crippen LogP contribution in [0.3, 0.4) is 0 Å². The Bertz CT molecular complexity index is 120. The molecule has 0 saturated heterocycles. The molecule has 0 aromatic heterocycles. The van der Waals surface area contributed by atoms with Crippen LogP contribution in [0.4, 0.5) is 0 Å². The number of aliphatic carboxylic acids is 1. The summed E-state index contributed by atoms with van der Waals surface area (Å²) >= 11 is 0. The van der Waals surface area contributed by atoms with Gasteiger partial charge < -0.3 is 9.90 Å². The Hall–Kier alpha value is 0.666. The second-order valence-electron chi connectivity index (χ2n) is 0.943. The molecule has 38 valence electrons. The molecule has 0 aromatic rings. The Kier molecular flexibility index (Phi) is 11.0. The molecule has 0 fully saturated rings. The van der Waals surface area contributed by atoms with Crippen molar-refractivity contribution in [2.24, 2.45) is 0 Å². The molecule has 0 saturated carbocycles. The van der Waals surface area contributed by atoms with E-state index < -0.39 is 5.97 Å². The molecule has 0 N–H and O–H groups in total. The van der Waals surface area contributed by atoms with Gasteiger partial charge in [-0.3, -0.25) is 0 Å². The Morgan fingerprint density at radius 3 is 2.38 bits per heavy atom. The molecule has 0 heterocycles. The smallest absolute Gasteiger partial charge is 0.537 e. The molecule has 2 nitrogen and oxygen atoms in total. The van der Waals surface area contributed by atoms with Crippen LogP contribution in [0.15, 0.2) is 0 Å². The van der Waals surface area contributed by atoms with Gasteiger partial charge in [0.25, 0.3) is 0 Å². The summed E-state index contributed by atoms with van der Waals surface area (Å²) in [5, 5.41) is 9.47. The van der Waals surface area contributed by atoms with Crippen LogP contribution in [-0.4, -0.2) is 5.97 Å². The maximum atomic E-state index is 9.47. The fourth-order valence-electron chi connectivity index (χ4n) is 0.161. The van der Waals surface area contributed by atoms with Crippen LogP contribution in [0.25, 0.3) is 0 Å². The minimum atomic E-state index is -1.30. The van der Waals surface area contributed by atoms with E-state index >= 15 is 0 Å². The summed E-state index contributed by atoms with van der Waals surface area (Å²) in [4.78, 5) is 9.47. The number of hydrogen-bond acceptors (Lipinski definition) is 2. The zero-order valence-electron chi connectivity index (χ0n) is 5.02. The summed E-state index contributed by atoms with van der Waals surface area (Å²) in [5.74, 6) is 2.88. The predicted molar refractivity (Wildman–Crippen MR) is 23.1 cm³/mol. The molecule has 0 aliphatic rings. The molecule has 0 aromatic carbocycles. The second kappa shape index (κ2) is 7.67. The summed E-state index contributed by atoms with van der Waals surface area (Å²) in [7, 11) is 0. The average molecular weight is 136 g/mol. The van der Waals surface area contributed by atoms with Crippen LogP contribution in [0, 0.1) is 11.8 Å². The first-order chi connectivity index (χ1) is 3.27. The van der Waals surface area contributed by atoms with Crippen LogP contribution < -0.4 is 56.5 Å². The first-order valence-electron chi connectivity index (χ1n) is 1.97. The summed E-state index contributed by atoms with van der Waals surface area (Å²) in [6.45, 7) is 1.77. The quantitative estimate of drug-likeness (QED) is 0.253. The topological polar surface area (TPSA) is 40.1 Å². The van der Waals surface area contributed by atoms with E-state index in [4.69, 9.17) is 0 Å². The minimum absolute atomic E-state index is 0. The van der Waals surface area contributed by atoms with E-state index in [1.165, 1.54) is 0 Å². The van der Waals surface area contributed by atoms with Gasteiger partial charge in [0.1, 0.15) is 5.97 Å². The van der Waals surface area contributed by atoms with Crippen LogP contribution in [-0.2, 0) is 4.79 Å². The number of carboxylic acid groups (broad SMARTS) is 1. The van der Waals surface area contributed by atoms with E-state index in [9.17, 15) is 9.90 Å². The molecule has 0 amide bonds. The number of rotatable bonds is 0. The molecule has 0 spiro atoms. The molecule has 0 bridgehead atoms. The van der Waals surface area contributed by atoms with Crippen molar-refractivity contribution in [2.45, 2.75) is 13.3 Å². The third-order valence-electron chi connectivity index (χ3n) is 0.367. The summed E-state index contributed by atoms with van der Waals surface area (Å²) in [6.07, 6.45) is 0.563. The van der Waals surface area contributed by atoms with Gasteiger partial charge in [-0.1, -0.05) is 12.8 Å². The van der Waals surface area contributed by atoms with Crippen molar-refractivity contribution in [2.75, 3.05) is 0 Å². The molecule has 3 heteroatoms. The van der Waals surface area contributed by atoms with E-state index in [-0.39, 0.29) is 51.4 Å². The molecular formula is C5H5KO2. The summed E-state index contributed by atoms with van der Waals surface area (Å²) in [6, 6.07) is 0. The summed E-state index contributed by atoms with van der Waals surface area (Å²) < 4.78 is 0. The fraction of sp³-hybridized carbons (Fsp3) is 0.400. The Morgan fingerprint density at radius 1 is 1.75 bits per heavy atom. The van der Waals surface area contributed by atoms with Gasteiger partial charge in [0, 0.05) is 6.42 Å². The van der Waals surface area contributed by atoms with E-state index in [0.29, 0.717) is 6.42 Å². The number of carbonyl (C=O) groups excluding carboxylic acids is 1. The van der Waals surface area contributed by atoms with Crippen molar-refractivity contribution in [3.63, 3.8) is 0 Å². The third-order valence-corrected chi connectivity index (χ3v) is 0.367. The Balaban J connectivity index is 0. The van der Waals surface area contributed by atoms with Gasteiger partial charge in [-0.15, -0.1) is 0 Å². The molecule has 0 unspecified atom stereocenters. The molecule has 0 aliphatic heterocycles. The van der Waals surface area contributed by atoms with Crippen LogP contribution in [0.1, 0.15) is 13.3 Å². The monoisotopic (exact) mass is 136 g/mol. The number of hydrogen-bond donors (Lipinski definition) is 0. The molecule has 0 radical (unpaired) electrons. The number of carbonyl (C=O) groups is 1. The fourth-order valence-corrected chi connectivity index (χ4v) is 0.161. The minimum Gasteiger partial charge on any atom is -0.537 e. The largest absolute Gasteiger partial charge is 1.00 e. The van der Waals surface area contributed by atoms with Crippen LogP contribution >= 0.6 is 0 Å². The van der Waals surface area contributed by atoms with Gasteiger partial charge in [0.05, 0.1) is 0 Å². The van der Waals surface area contributed by atoms with Gasteiger partial charge in [-0.05, 0) is 5.92 Å². The maximum Gasteiger partial charge on any atom is 1.00 e. The molecule has 0 rings (SSSR count). The van der Waals surface area contributed by atoms with Crippen LogP contribution in [0.5, 0.6) is 0 Å². The molecule has 8 heavy (non-hydrogen) atoms. The maximum absolute atomic E-state index is 9.47. The van der Waals surface area contributed by atoms with E-state index in [2.05, 4.69) is 5.92 Å². The normalized spacial score (nSPS) is 5.62. The third kappa shape index (κ3) is 9.83. The standard InChI is InChI=1S/C5H6O2.K/c1-2-3-4-5(6)7;/h2H2,1H3,(H,6,7);/q;+1/p-1. The molecule has 0 atom stereocenters. The van der Waals surface area contributed by atoms with Crippen molar-refractivity contribution in [3.05, 3.63) is 0 Å². The predicted octanol–water partition coefficient (Wildman–Crippen LogP) is -3.85. The SMILES string of the molecule is CCC#CC(=O)[O-].[K+]. The number of carboxylic acids is 1. The van der Waals surface area contributed by atoms with Crippen molar-refractivity contribution < 1.29 is 61.3 Å². The van der Waals surface area contributed by atoms with Crippen molar-refractivity contribution in [3.8, 4) is 11.8 Å². The molecule has 0 aliphatic carbocycles. The van der Waals surface area contributed by atoms with Crippen molar-refractivity contribution in [1.29, 1.82) is 0 Å². The van der Waals surface area contributed by atoms with E-state index in [1.807, 2.05) is 5.92 Å². The van der Waals surface area contributed by atoms with Gasteiger partial charge in [0.15, 0.2) is 0 Å². The Labute approximate surface area is 91.1 Å². The van der Waals surface area contributed by atoms with Crippen molar-refractivity contribution in [1.82, 2.24) is 0 Å².